The Hall–Kier alpha value is -0.0700. The predicted molar refractivity (Wildman–Crippen MR) is 91.5 cm³/mol. The summed E-state index contributed by atoms with van der Waals surface area (Å²) in [5, 5.41) is 0. The van der Waals surface area contributed by atoms with Gasteiger partial charge < -0.3 is 15.4 Å². The highest BCUT2D eigenvalue weighted by atomic mass is 35.5. The van der Waals surface area contributed by atoms with Gasteiger partial charge in [0, 0.05) is 19.7 Å². The van der Waals surface area contributed by atoms with Gasteiger partial charge in [-0.2, -0.15) is 0 Å². The highest BCUT2D eigenvalue weighted by Gasteiger charge is 2.23. The predicted octanol–water partition coefficient (Wildman–Crippen LogP) is 1.53. The van der Waals surface area contributed by atoms with E-state index in [4.69, 9.17) is 10.5 Å². The minimum absolute atomic E-state index is 0. The molecule has 1 heterocycles. The largest absolute Gasteiger partial charge is 0.378 e. The molecule has 1 aliphatic rings. The van der Waals surface area contributed by atoms with Gasteiger partial charge in [-0.1, -0.05) is 13.8 Å². The highest BCUT2D eigenvalue weighted by molar-refractivity contribution is 5.85. The van der Waals surface area contributed by atoms with E-state index >= 15 is 0 Å². The molecule has 0 saturated carbocycles. The molecule has 1 amide bonds. The van der Waals surface area contributed by atoms with Crippen molar-refractivity contribution in [3.05, 3.63) is 0 Å². The number of ether oxygens (including phenoxy) is 1. The summed E-state index contributed by atoms with van der Waals surface area (Å²) in [6.07, 6.45) is 3.13. The highest BCUT2D eigenvalue weighted by Crippen LogP contribution is 2.14. The van der Waals surface area contributed by atoms with Crippen LogP contribution in [0.1, 0.15) is 33.1 Å². The van der Waals surface area contributed by atoms with E-state index in [-0.39, 0.29) is 30.7 Å². The van der Waals surface area contributed by atoms with Crippen molar-refractivity contribution in [3.63, 3.8) is 0 Å². The standard InChI is InChI=1S/C14H29N3O2.2ClH/c1-3-16(4-2)12-14(18)17-9-6-13(7-10-17)19-11-5-8-15;;/h13H,3-12,15H2,1-2H3;2*1H. The molecule has 0 unspecified atom stereocenters. The summed E-state index contributed by atoms with van der Waals surface area (Å²) in [4.78, 5) is 16.3. The molecule has 1 rings (SSSR count). The smallest absolute Gasteiger partial charge is 0.236 e. The summed E-state index contributed by atoms with van der Waals surface area (Å²) in [6, 6.07) is 0. The van der Waals surface area contributed by atoms with Gasteiger partial charge in [0.05, 0.1) is 12.6 Å². The molecule has 7 heteroatoms. The fourth-order valence-corrected chi connectivity index (χ4v) is 2.34. The van der Waals surface area contributed by atoms with Crippen molar-refractivity contribution < 1.29 is 9.53 Å². The Labute approximate surface area is 141 Å². The van der Waals surface area contributed by atoms with E-state index in [1.807, 2.05) is 4.90 Å². The number of halogens is 2. The molecule has 1 saturated heterocycles. The van der Waals surface area contributed by atoms with Crippen LogP contribution < -0.4 is 5.73 Å². The molecule has 1 fully saturated rings. The first-order chi connectivity index (χ1) is 9.21. The van der Waals surface area contributed by atoms with Crippen molar-refractivity contribution in [3.8, 4) is 0 Å². The second-order valence-electron chi connectivity index (χ2n) is 5.05. The number of likely N-dealkylation sites (tertiary alicyclic amines) is 1. The number of carbonyl (C=O) groups excluding carboxylic acids is 1. The fourth-order valence-electron chi connectivity index (χ4n) is 2.34. The SMILES string of the molecule is CCN(CC)CC(=O)N1CCC(OCCCN)CC1.Cl.Cl. The normalized spacial score (nSPS) is 15.5. The summed E-state index contributed by atoms with van der Waals surface area (Å²) in [6.45, 7) is 9.67. The number of carbonyl (C=O) groups is 1. The number of rotatable bonds is 8. The molecule has 0 radical (unpaired) electrons. The summed E-state index contributed by atoms with van der Waals surface area (Å²) in [5.41, 5.74) is 5.44. The van der Waals surface area contributed by atoms with Crippen molar-refractivity contribution in [1.29, 1.82) is 0 Å². The zero-order chi connectivity index (χ0) is 14.1. The van der Waals surface area contributed by atoms with Gasteiger partial charge in [-0.05, 0) is 38.9 Å². The lowest BCUT2D eigenvalue weighted by atomic mass is 10.1. The Morgan fingerprint density at radius 2 is 1.81 bits per heavy atom. The molecule has 0 atom stereocenters. The van der Waals surface area contributed by atoms with Crippen LogP contribution in [0.4, 0.5) is 0 Å². The van der Waals surface area contributed by atoms with E-state index in [1.54, 1.807) is 0 Å². The molecular weight excluding hydrogens is 313 g/mol. The van der Waals surface area contributed by atoms with Crippen LogP contribution in [0.25, 0.3) is 0 Å². The lowest BCUT2D eigenvalue weighted by Gasteiger charge is -2.33. The number of nitrogens with zero attached hydrogens (tertiary/aromatic N) is 2. The quantitative estimate of drug-likeness (QED) is 0.679. The molecule has 0 aliphatic carbocycles. The maximum atomic E-state index is 12.1. The van der Waals surface area contributed by atoms with Crippen molar-refractivity contribution in [2.45, 2.75) is 39.2 Å². The third-order valence-electron chi connectivity index (χ3n) is 3.75. The Kier molecular flexibility index (Phi) is 15.0. The van der Waals surface area contributed by atoms with Crippen LogP contribution in [-0.2, 0) is 9.53 Å². The minimum Gasteiger partial charge on any atom is -0.378 e. The molecule has 2 N–H and O–H groups in total. The molecule has 0 aromatic rings. The third kappa shape index (κ3) is 8.83. The van der Waals surface area contributed by atoms with Gasteiger partial charge in [0.25, 0.3) is 0 Å². The maximum absolute atomic E-state index is 12.1. The molecule has 5 nitrogen and oxygen atoms in total. The van der Waals surface area contributed by atoms with Crippen LogP contribution in [0.3, 0.4) is 0 Å². The number of hydrogen-bond donors (Lipinski definition) is 1. The number of hydrogen-bond acceptors (Lipinski definition) is 4. The van der Waals surface area contributed by atoms with E-state index in [9.17, 15) is 4.79 Å². The minimum atomic E-state index is 0. The lowest BCUT2D eigenvalue weighted by Crippen LogP contribution is -2.45. The molecular formula is C14H31Cl2N3O2. The van der Waals surface area contributed by atoms with Crippen molar-refractivity contribution in [2.75, 3.05) is 45.9 Å². The number of nitrogens with two attached hydrogens (primary N) is 1. The van der Waals surface area contributed by atoms with Crippen molar-refractivity contribution in [1.82, 2.24) is 9.80 Å². The molecule has 0 spiro atoms. The summed E-state index contributed by atoms with van der Waals surface area (Å²) >= 11 is 0. The maximum Gasteiger partial charge on any atom is 0.236 e. The van der Waals surface area contributed by atoms with Crippen LogP contribution in [0.15, 0.2) is 0 Å². The number of piperidine rings is 1. The van der Waals surface area contributed by atoms with Crippen molar-refractivity contribution in [2.24, 2.45) is 5.73 Å². The van der Waals surface area contributed by atoms with Crippen LogP contribution in [-0.4, -0.2) is 67.7 Å². The second kappa shape index (κ2) is 13.6. The zero-order valence-corrected chi connectivity index (χ0v) is 14.9. The molecule has 0 bridgehead atoms. The average molecular weight is 344 g/mol. The third-order valence-corrected chi connectivity index (χ3v) is 3.75. The van der Waals surface area contributed by atoms with Gasteiger partial charge in [0.1, 0.15) is 0 Å². The van der Waals surface area contributed by atoms with Crippen LogP contribution in [0, 0.1) is 0 Å². The average Bonchev–Trinajstić information content (AvgIpc) is 2.45. The first-order valence-corrected chi connectivity index (χ1v) is 7.53. The first-order valence-electron chi connectivity index (χ1n) is 7.53. The van der Waals surface area contributed by atoms with Gasteiger partial charge in [-0.25, -0.2) is 0 Å². The summed E-state index contributed by atoms with van der Waals surface area (Å²) < 4.78 is 5.75. The molecule has 0 aromatic heterocycles. The van der Waals surface area contributed by atoms with Gasteiger partial charge in [0.2, 0.25) is 5.91 Å². The van der Waals surface area contributed by atoms with E-state index < -0.39 is 0 Å². The Morgan fingerprint density at radius 3 is 2.29 bits per heavy atom. The van der Waals surface area contributed by atoms with Gasteiger partial charge in [0.15, 0.2) is 0 Å². The summed E-state index contributed by atoms with van der Waals surface area (Å²) in [5.74, 6) is 0.254. The van der Waals surface area contributed by atoms with Crippen LogP contribution in [0.5, 0.6) is 0 Å². The molecule has 21 heavy (non-hydrogen) atoms. The van der Waals surface area contributed by atoms with Crippen LogP contribution >= 0.6 is 24.8 Å². The van der Waals surface area contributed by atoms with E-state index in [0.717, 1.165) is 52.0 Å². The van der Waals surface area contributed by atoms with E-state index in [2.05, 4.69) is 18.7 Å². The number of likely N-dealkylation sites (N-methyl/N-ethyl adjacent to an activating group) is 1. The van der Waals surface area contributed by atoms with Crippen LogP contribution in [0.2, 0.25) is 0 Å². The monoisotopic (exact) mass is 343 g/mol. The fraction of sp³-hybridized carbons (Fsp3) is 0.929. The molecule has 128 valence electrons. The summed E-state index contributed by atoms with van der Waals surface area (Å²) in [7, 11) is 0. The van der Waals surface area contributed by atoms with Gasteiger partial charge >= 0.3 is 0 Å². The molecule has 0 aromatic carbocycles. The topological polar surface area (TPSA) is 58.8 Å². The second-order valence-corrected chi connectivity index (χ2v) is 5.05. The Morgan fingerprint density at radius 1 is 1.24 bits per heavy atom. The molecule has 1 aliphatic heterocycles. The van der Waals surface area contributed by atoms with E-state index in [1.165, 1.54) is 0 Å². The Bertz CT molecular complexity index is 259. The van der Waals surface area contributed by atoms with E-state index in [0.29, 0.717) is 19.2 Å². The Balaban J connectivity index is 0. The zero-order valence-electron chi connectivity index (χ0n) is 13.3. The van der Waals surface area contributed by atoms with Gasteiger partial charge in [-0.15, -0.1) is 24.8 Å². The first kappa shape index (κ1) is 23.2. The number of amides is 1. The van der Waals surface area contributed by atoms with Gasteiger partial charge in [-0.3, -0.25) is 9.69 Å². The van der Waals surface area contributed by atoms with Crippen molar-refractivity contribution >= 4 is 30.7 Å². The lowest BCUT2D eigenvalue weighted by molar-refractivity contribution is -0.135.